The van der Waals surface area contributed by atoms with Gasteiger partial charge in [0.15, 0.2) is 0 Å². The summed E-state index contributed by atoms with van der Waals surface area (Å²) >= 11 is 0. The molecule has 1 aliphatic rings. The maximum atomic E-state index is 14.7. The van der Waals surface area contributed by atoms with Crippen molar-refractivity contribution in [3.8, 4) is 0 Å². The number of fused-ring (bicyclic) bond motifs is 1. The lowest BCUT2D eigenvalue weighted by Gasteiger charge is -2.26. The maximum Gasteiger partial charge on any atom is 0.0827 e. The molecule has 3 aromatic carbocycles. The topological polar surface area (TPSA) is 29.4 Å². The Morgan fingerprint density at radius 1 is 0.806 bits per heavy atom. The predicted octanol–water partition coefficient (Wildman–Crippen LogP) is 7.04. The van der Waals surface area contributed by atoms with Gasteiger partial charge in [0.1, 0.15) is 0 Å². The first-order chi connectivity index (χ1) is 17.2. The third-order valence-electron chi connectivity index (χ3n) is 7.12. The molecule has 2 nitrogen and oxygen atoms in total. The summed E-state index contributed by atoms with van der Waals surface area (Å²) in [4.78, 5) is 7.00. The summed E-state index contributed by atoms with van der Waals surface area (Å²) in [5.74, 6) is 0.963. The first-order valence-electron chi connectivity index (χ1n) is 13.2. The van der Waals surface area contributed by atoms with Gasteiger partial charge >= 0.3 is 0 Å². The lowest BCUT2D eigenvalue weighted by atomic mass is 9.89. The van der Waals surface area contributed by atoms with E-state index in [4.69, 9.17) is 4.99 Å². The number of hydrogen-bond donors (Lipinski definition) is 0. The van der Waals surface area contributed by atoms with E-state index < -0.39 is 10.8 Å². The first kappa shape index (κ1) is 26.3. The summed E-state index contributed by atoms with van der Waals surface area (Å²) in [5, 5.41) is 2.18. The Morgan fingerprint density at radius 3 is 1.97 bits per heavy atom. The van der Waals surface area contributed by atoms with Crippen molar-refractivity contribution in [1.82, 2.24) is 0 Å². The summed E-state index contributed by atoms with van der Waals surface area (Å²) in [6, 6.07) is 23.3. The summed E-state index contributed by atoms with van der Waals surface area (Å²) < 4.78 is 14.7. The Hall–Kier alpha value is -2.78. The molecular formula is C33H39NOS. The molecule has 3 heteroatoms. The van der Waals surface area contributed by atoms with Gasteiger partial charge in [-0.05, 0) is 56.5 Å². The van der Waals surface area contributed by atoms with Crippen molar-refractivity contribution in [2.45, 2.75) is 77.7 Å². The van der Waals surface area contributed by atoms with E-state index in [2.05, 4.69) is 103 Å². The molecule has 2 atom stereocenters. The molecule has 36 heavy (non-hydrogen) atoms. The van der Waals surface area contributed by atoms with E-state index in [0.29, 0.717) is 12.5 Å². The maximum absolute atomic E-state index is 14.7. The molecule has 1 aliphatic carbocycles. The average molecular weight is 498 g/mol. The Kier molecular flexibility index (Phi) is 8.10. The molecule has 0 heterocycles. The first-order valence-corrected chi connectivity index (χ1v) is 14.3. The van der Waals surface area contributed by atoms with E-state index in [1.54, 1.807) is 0 Å². The SMILES string of the molecule is CC1C(=NCc2ccccc2)C=c2ccccc2=C1S(=O)c1c(C(C)C)cc(C(C)C)cc1C(C)C. The molecule has 0 amide bonds. The number of rotatable bonds is 7. The van der Waals surface area contributed by atoms with Crippen LogP contribution in [0.3, 0.4) is 0 Å². The van der Waals surface area contributed by atoms with Crippen LogP contribution in [0, 0.1) is 5.92 Å². The molecule has 3 aromatic rings. The highest BCUT2D eigenvalue weighted by molar-refractivity contribution is 7.94. The Labute approximate surface area is 219 Å². The van der Waals surface area contributed by atoms with Gasteiger partial charge in [0.2, 0.25) is 0 Å². The van der Waals surface area contributed by atoms with Crippen LogP contribution in [0.5, 0.6) is 0 Å². The molecule has 0 spiro atoms. The quantitative estimate of drug-likeness (QED) is 0.344. The summed E-state index contributed by atoms with van der Waals surface area (Å²) in [6.07, 6.45) is 2.18. The largest absolute Gasteiger partial charge is 0.284 e. The van der Waals surface area contributed by atoms with Crippen molar-refractivity contribution in [2.24, 2.45) is 10.9 Å². The second kappa shape index (κ2) is 11.1. The van der Waals surface area contributed by atoms with E-state index >= 15 is 0 Å². The van der Waals surface area contributed by atoms with E-state index in [1.807, 2.05) is 18.2 Å². The van der Waals surface area contributed by atoms with E-state index in [9.17, 15) is 4.21 Å². The minimum absolute atomic E-state index is 0.0331. The van der Waals surface area contributed by atoms with Crippen LogP contribution in [0.25, 0.3) is 11.0 Å². The standard InChI is InChI=1S/C33H39NOS/c1-21(2)27-17-29(22(3)4)33(30(18-27)23(5)6)36(35)32-24(7)31(19-26-15-11-12-16-28(26)32)34-20-25-13-9-8-10-14-25/h8-19,21-24H,20H2,1-7H3. The second-order valence-electron chi connectivity index (χ2n) is 10.8. The van der Waals surface area contributed by atoms with Gasteiger partial charge in [0, 0.05) is 16.5 Å². The van der Waals surface area contributed by atoms with Gasteiger partial charge in [0.25, 0.3) is 0 Å². The number of benzene rings is 3. The number of nitrogens with zero attached hydrogens (tertiary/aromatic N) is 1. The summed E-state index contributed by atoms with van der Waals surface area (Å²) in [7, 11) is -1.30. The van der Waals surface area contributed by atoms with Crippen LogP contribution in [0.4, 0.5) is 0 Å². The van der Waals surface area contributed by atoms with Gasteiger partial charge in [-0.15, -0.1) is 0 Å². The third kappa shape index (κ3) is 5.32. The summed E-state index contributed by atoms with van der Waals surface area (Å²) in [5.41, 5.74) is 5.91. The van der Waals surface area contributed by atoms with Gasteiger partial charge in [-0.25, -0.2) is 4.21 Å². The molecule has 0 radical (unpaired) electrons. The zero-order valence-electron chi connectivity index (χ0n) is 22.7. The third-order valence-corrected chi connectivity index (χ3v) is 8.93. The molecule has 0 aliphatic heterocycles. The number of hydrogen-bond acceptors (Lipinski definition) is 2. The van der Waals surface area contributed by atoms with Crippen molar-refractivity contribution >= 4 is 27.5 Å². The summed E-state index contributed by atoms with van der Waals surface area (Å²) in [6.45, 7) is 16.1. The minimum atomic E-state index is -1.30. The van der Waals surface area contributed by atoms with Crippen LogP contribution in [0.2, 0.25) is 0 Å². The van der Waals surface area contributed by atoms with Crippen LogP contribution in [0.15, 0.2) is 76.6 Å². The number of aliphatic imine (C=N–C) groups is 1. The fraction of sp³-hybridized carbons (Fsp3) is 0.364. The van der Waals surface area contributed by atoms with E-state index in [1.165, 1.54) is 22.3 Å². The van der Waals surface area contributed by atoms with Crippen LogP contribution < -0.4 is 10.4 Å². The molecule has 0 fully saturated rings. The molecule has 0 N–H and O–H groups in total. The zero-order chi connectivity index (χ0) is 26.0. The highest BCUT2D eigenvalue weighted by Gasteiger charge is 2.29. The lowest BCUT2D eigenvalue weighted by Crippen LogP contribution is -2.37. The van der Waals surface area contributed by atoms with Gasteiger partial charge in [-0.1, -0.05) is 115 Å². The monoisotopic (exact) mass is 497 g/mol. The minimum Gasteiger partial charge on any atom is -0.284 e. The highest BCUT2D eigenvalue weighted by atomic mass is 32.2. The predicted molar refractivity (Wildman–Crippen MR) is 155 cm³/mol. The highest BCUT2D eigenvalue weighted by Crippen LogP contribution is 2.38. The second-order valence-corrected chi connectivity index (χ2v) is 12.2. The molecular weight excluding hydrogens is 458 g/mol. The fourth-order valence-corrected chi connectivity index (χ4v) is 6.99. The smallest absolute Gasteiger partial charge is 0.0827 e. The van der Waals surface area contributed by atoms with Crippen LogP contribution >= 0.6 is 0 Å². The van der Waals surface area contributed by atoms with Crippen molar-refractivity contribution in [2.75, 3.05) is 0 Å². The molecule has 0 aromatic heterocycles. The van der Waals surface area contributed by atoms with Gasteiger partial charge in [0.05, 0.1) is 22.2 Å². The normalized spacial score (nSPS) is 17.6. The van der Waals surface area contributed by atoms with Crippen LogP contribution in [0.1, 0.15) is 88.5 Å². The van der Waals surface area contributed by atoms with Crippen LogP contribution in [-0.4, -0.2) is 9.92 Å². The molecule has 2 unspecified atom stereocenters. The molecule has 4 rings (SSSR count). The van der Waals surface area contributed by atoms with Gasteiger partial charge in [-0.3, -0.25) is 4.99 Å². The van der Waals surface area contributed by atoms with Gasteiger partial charge in [-0.2, -0.15) is 0 Å². The molecule has 0 saturated carbocycles. The van der Waals surface area contributed by atoms with Crippen LogP contribution in [-0.2, 0) is 17.3 Å². The van der Waals surface area contributed by atoms with Crippen molar-refractivity contribution in [1.29, 1.82) is 0 Å². The average Bonchev–Trinajstić information content (AvgIpc) is 2.86. The zero-order valence-corrected chi connectivity index (χ0v) is 23.5. The van der Waals surface area contributed by atoms with Crippen molar-refractivity contribution in [3.05, 3.63) is 99.4 Å². The van der Waals surface area contributed by atoms with E-state index in [-0.39, 0.29) is 17.8 Å². The molecule has 0 saturated heterocycles. The van der Waals surface area contributed by atoms with Crippen molar-refractivity contribution in [3.63, 3.8) is 0 Å². The molecule has 188 valence electrons. The van der Waals surface area contributed by atoms with Crippen molar-refractivity contribution < 1.29 is 4.21 Å². The lowest BCUT2D eigenvalue weighted by molar-refractivity contribution is 0.680. The molecule has 0 bridgehead atoms. The Balaban J connectivity index is 1.92. The fourth-order valence-electron chi connectivity index (χ4n) is 4.92. The Morgan fingerprint density at radius 2 is 1.39 bits per heavy atom. The van der Waals surface area contributed by atoms with E-state index in [0.717, 1.165) is 25.9 Å². The van der Waals surface area contributed by atoms with Gasteiger partial charge < -0.3 is 0 Å². The Bertz CT molecular complexity index is 1380.